The second-order valence-electron chi connectivity index (χ2n) is 6.09. The van der Waals surface area contributed by atoms with Crippen molar-refractivity contribution in [2.24, 2.45) is 5.92 Å². The van der Waals surface area contributed by atoms with Crippen molar-refractivity contribution in [1.82, 2.24) is 0 Å². The summed E-state index contributed by atoms with van der Waals surface area (Å²) in [6.45, 7) is 3.28. The lowest BCUT2D eigenvalue weighted by Gasteiger charge is -2.28. The van der Waals surface area contributed by atoms with E-state index < -0.39 is 6.10 Å². The molecule has 0 aliphatic carbocycles. The van der Waals surface area contributed by atoms with Crippen molar-refractivity contribution in [2.45, 2.75) is 19.3 Å². The van der Waals surface area contributed by atoms with Gasteiger partial charge in [-0.2, -0.15) is 0 Å². The minimum Gasteiger partial charge on any atom is -0.372 e. The van der Waals surface area contributed by atoms with Gasteiger partial charge in [-0.05, 0) is 18.6 Å². The summed E-state index contributed by atoms with van der Waals surface area (Å²) in [5, 5.41) is 0. The van der Waals surface area contributed by atoms with Gasteiger partial charge in [0.05, 0.1) is 13.2 Å². The summed E-state index contributed by atoms with van der Waals surface area (Å²) in [5.74, 6) is 0.0341. The quantitative estimate of drug-likeness (QED) is 0.731. The monoisotopic (exact) mass is 342 g/mol. The first-order chi connectivity index (χ1) is 12.2. The largest absolute Gasteiger partial charge is 0.372 e. The van der Waals surface area contributed by atoms with Crippen LogP contribution in [0.5, 0.6) is 0 Å². The standard InChI is InChI=1S/C21H23FO3/c1-3-6-15-13-24-21(25-14-15)17-11-9-16(10-12-17)20(23-2)18-7-4-5-8-19(18)22/h3-12,15,20-21H,13-14H2,1-2H3/b6-3+/t15-,20?,21-. The number of ether oxygens (including phenoxy) is 3. The second-order valence-corrected chi connectivity index (χ2v) is 6.09. The highest BCUT2D eigenvalue weighted by atomic mass is 19.1. The molecule has 2 aromatic rings. The third-order valence-electron chi connectivity index (χ3n) is 4.32. The number of rotatable bonds is 5. The molecule has 1 aliphatic rings. The van der Waals surface area contributed by atoms with Gasteiger partial charge in [-0.25, -0.2) is 4.39 Å². The zero-order chi connectivity index (χ0) is 17.6. The molecule has 0 spiro atoms. The van der Waals surface area contributed by atoms with Crippen LogP contribution in [0.15, 0.2) is 60.7 Å². The first-order valence-corrected chi connectivity index (χ1v) is 8.46. The van der Waals surface area contributed by atoms with Crippen molar-refractivity contribution >= 4 is 0 Å². The van der Waals surface area contributed by atoms with E-state index >= 15 is 0 Å². The minimum absolute atomic E-state index is 0.271. The van der Waals surface area contributed by atoms with E-state index in [1.54, 1.807) is 19.2 Å². The summed E-state index contributed by atoms with van der Waals surface area (Å²) < 4.78 is 31.2. The summed E-state index contributed by atoms with van der Waals surface area (Å²) in [6.07, 6.45) is 3.31. The average molecular weight is 342 g/mol. The third-order valence-corrected chi connectivity index (χ3v) is 4.32. The van der Waals surface area contributed by atoms with E-state index in [9.17, 15) is 4.39 Å². The lowest BCUT2D eigenvalue weighted by molar-refractivity contribution is -0.197. The summed E-state index contributed by atoms with van der Waals surface area (Å²) in [4.78, 5) is 0. The number of hydrogen-bond donors (Lipinski definition) is 0. The van der Waals surface area contributed by atoms with Gasteiger partial charge in [-0.3, -0.25) is 0 Å². The Morgan fingerprint density at radius 1 is 1.08 bits per heavy atom. The molecule has 4 heteroatoms. The second kappa shape index (κ2) is 8.39. The van der Waals surface area contributed by atoms with Crippen LogP contribution >= 0.6 is 0 Å². The summed E-state index contributed by atoms with van der Waals surface area (Å²) in [6, 6.07) is 14.4. The van der Waals surface area contributed by atoms with Crippen LogP contribution in [0.4, 0.5) is 4.39 Å². The third kappa shape index (κ3) is 4.15. The highest BCUT2D eigenvalue weighted by Crippen LogP contribution is 2.30. The van der Waals surface area contributed by atoms with Crippen LogP contribution in [0, 0.1) is 11.7 Å². The molecule has 25 heavy (non-hydrogen) atoms. The number of methoxy groups -OCH3 is 1. The van der Waals surface area contributed by atoms with Crippen LogP contribution in [0.25, 0.3) is 0 Å². The molecule has 1 aliphatic heterocycles. The van der Waals surface area contributed by atoms with Crippen LogP contribution in [0.1, 0.15) is 36.0 Å². The fourth-order valence-corrected chi connectivity index (χ4v) is 3.05. The zero-order valence-electron chi connectivity index (χ0n) is 14.5. The molecule has 0 N–H and O–H groups in total. The Morgan fingerprint density at radius 2 is 1.76 bits per heavy atom. The average Bonchev–Trinajstić information content (AvgIpc) is 2.65. The smallest absolute Gasteiger partial charge is 0.183 e. The Balaban J connectivity index is 1.73. The van der Waals surface area contributed by atoms with Crippen LogP contribution < -0.4 is 0 Å². The molecule has 1 atom stereocenters. The van der Waals surface area contributed by atoms with Gasteiger partial charge in [0, 0.05) is 24.2 Å². The van der Waals surface area contributed by atoms with E-state index in [-0.39, 0.29) is 12.1 Å². The molecule has 0 aromatic heterocycles. The van der Waals surface area contributed by atoms with Crippen molar-refractivity contribution in [3.8, 4) is 0 Å². The SMILES string of the molecule is C/C=C/[C@H]1CO[C@H](c2ccc(C(OC)c3ccccc3F)cc2)OC1. The molecule has 1 heterocycles. The molecule has 3 nitrogen and oxygen atoms in total. The predicted molar refractivity (Wildman–Crippen MR) is 94.6 cm³/mol. The van der Waals surface area contributed by atoms with Crippen molar-refractivity contribution < 1.29 is 18.6 Å². The lowest BCUT2D eigenvalue weighted by Crippen LogP contribution is -2.25. The molecule has 0 bridgehead atoms. The lowest BCUT2D eigenvalue weighted by atomic mass is 9.99. The maximum atomic E-state index is 14.1. The molecule has 132 valence electrons. The van der Waals surface area contributed by atoms with Gasteiger partial charge in [0.2, 0.25) is 0 Å². The molecule has 0 amide bonds. The van der Waals surface area contributed by atoms with Gasteiger partial charge in [-0.1, -0.05) is 54.6 Å². The molecule has 1 unspecified atom stereocenters. The fraction of sp³-hybridized carbons (Fsp3) is 0.333. The van der Waals surface area contributed by atoms with Gasteiger partial charge in [0.25, 0.3) is 0 Å². The van der Waals surface area contributed by atoms with Gasteiger partial charge < -0.3 is 14.2 Å². The highest BCUT2D eigenvalue weighted by molar-refractivity contribution is 5.33. The van der Waals surface area contributed by atoms with E-state index in [0.717, 1.165) is 11.1 Å². The summed E-state index contributed by atoms with van der Waals surface area (Å²) in [5.41, 5.74) is 2.36. The van der Waals surface area contributed by atoms with E-state index in [1.807, 2.05) is 43.3 Å². The van der Waals surface area contributed by atoms with Gasteiger partial charge >= 0.3 is 0 Å². The first-order valence-electron chi connectivity index (χ1n) is 8.46. The van der Waals surface area contributed by atoms with Crippen LogP contribution in [-0.4, -0.2) is 20.3 Å². The maximum Gasteiger partial charge on any atom is 0.183 e. The van der Waals surface area contributed by atoms with Crippen molar-refractivity contribution in [2.75, 3.05) is 20.3 Å². The minimum atomic E-state index is -0.442. The normalized spacial score (nSPS) is 22.2. The molecule has 1 saturated heterocycles. The van der Waals surface area contributed by atoms with Crippen LogP contribution in [0.3, 0.4) is 0 Å². The predicted octanol–water partition coefficient (Wildman–Crippen LogP) is 4.80. The number of benzene rings is 2. The number of hydrogen-bond acceptors (Lipinski definition) is 3. The van der Waals surface area contributed by atoms with E-state index in [4.69, 9.17) is 14.2 Å². The summed E-state index contributed by atoms with van der Waals surface area (Å²) >= 11 is 0. The molecule has 0 radical (unpaired) electrons. The van der Waals surface area contributed by atoms with Crippen molar-refractivity contribution in [3.05, 3.63) is 83.2 Å². The van der Waals surface area contributed by atoms with Crippen molar-refractivity contribution in [3.63, 3.8) is 0 Å². The fourth-order valence-electron chi connectivity index (χ4n) is 3.05. The topological polar surface area (TPSA) is 27.7 Å². The van der Waals surface area contributed by atoms with Gasteiger partial charge in [0.15, 0.2) is 6.29 Å². The maximum absolute atomic E-state index is 14.1. The van der Waals surface area contributed by atoms with Crippen LogP contribution in [-0.2, 0) is 14.2 Å². The van der Waals surface area contributed by atoms with E-state index in [2.05, 4.69) is 6.08 Å². The van der Waals surface area contributed by atoms with Gasteiger partial charge in [0.1, 0.15) is 11.9 Å². The molecular weight excluding hydrogens is 319 g/mol. The first kappa shape index (κ1) is 17.8. The van der Waals surface area contributed by atoms with E-state index in [1.165, 1.54) is 6.07 Å². The Labute approximate surface area is 148 Å². The summed E-state index contributed by atoms with van der Waals surface area (Å²) in [7, 11) is 1.58. The zero-order valence-corrected chi connectivity index (χ0v) is 14.5. The van der Waals surface area contributed by atoms with Crippen LogP contribution in [0.2, 0.25) is 0 Å². The van der Waals surface area contributed by atoms with E-state index in [0.29, 0.717) is 24.7 Å². The number of allylic oxidation sites excluding steroid dienone is 1. The number of halogens is 1. The van der Waals surface area contributed by atoms with Crippen molar-refractivity contribution in [1.29, 1.82) is 0 Å². The Hall–Kier alpha value is -2.01. The molecular formula is C21H23FO3. The Kier molecular flexibility index (Phi) is 5.97. The highest BCUT2D eigenvalue weighted by Gasteiger charge is 2.23. The molecule has 2 aromatic carbocycles. The molecule has 0 saturated carbocycles. The van der Waals surface area contributed by atoms with Gasteiger partial charge in [-0.15, -0.1) is 0 Å². The molecule has 3 rings (SSSR count). The molecule has 1 fully saturated rings. The Bertz CT molecular complexity index is 703. The Morgan fingerprint density at radius 3 is 2.36 bits per heavy atom.